The maximum atomic E-state index is 14.8. The van der Waals surface area contributed by atoms with Crippen LogP contribution in [-0.2, 0) is 4.79 Å². The molecule has 1 amide bonds. The molecule has 0 radical (unpaired) electrons. The van der Waals surface area contributed by atoms with Crippen molar-refractivity contribution in [2.45, 2.75) is 26.3 Å². The number of aliphatic hydroxyl groups excluding tert-OH is 1. The molecule has 1 aromatic heterocycles. The molecule has 3 rings (SSSR count). The van der Waals surface area contributed by atoms with E-state index in [0.29, 0.717) is 28.5 Å². The Morgan fingerprint density at radius 1 is 1.37 bits per heavy atom. The van der Waals surface area contributed by atoms with Gasteiger partial charge in [-0.3, -0.25) is 9.59 Å². The average Bonchev–Trinajstić information content (AvgIpc) is 3.12. The van der Waals surface area contributed by atoms with Gasteiger partial charge in [-0.05, 0) is 53.0 Å². The fourth-order valence-electron chi connectivity index (χ4n) is 3.61. The Morgan fingerprint density at radius 3 is 2.63 bits per heavy atom. The predicted molar refractivity (Wildman–Crippen MR) is 115 cm³/mol. The second-order valence-corrected chi connectivity index (χ2v) is 9.04. The number of halogens is 2. The normalized spacial score (nSPS) is 16.8. The molecule has 6 nitrogen and oxygen atoms in total. The average molecular weight is 452 g/mol. The van der Waals surface area contributed by atoms with E-state index in [1.807, 2.05) is 19.0 Å². The van der Waals surface area contributed by atoms with E-state index in [4.69, 9.17) is 11.6 Å². The number of hydrogen-bond acceptors (Lipinski definition) is 6. The van der Waals surface area contributed by atoms with E-state index in [1.165, 1.54) is 34.4 Å². The van der Waals surface area contributed by atoms with Crippen LogP contribution >= 0.6 is 22.9 Å². The van der Waals surface area contributed by atoms with Crippen molar-refractivity contribution in [1.82, 2.24) is 14.8 Å². The molecule has 1 N–H and O–H groups in total. The van der Waals surface area contributed by atoms with Crippen LogP contribution < -0.4 is 0 Å². The molecular weight excluding hydrogens is 429 g/mol. The first kappa shape index (κ1) is 22.4. The van der Waals surface area contributed by atoms with Gasteiger partial charge in [0, 0.05) is 17.1 Å². The number of aliphatic hydroxyl groups is 1. The molecule has 1 aliphatic heterocycles. The van der Waals surface area contributed by atoms with Crippen molar-refractivity contribution in [2.75, 3.05) is 27.2 Å². The highest BCUT2D eigenvalue weighted by atomic mass is 35.5. The Kier molecular flexibility index (Phi) is 6.59. The predicted octanol–water partition coefficient (Wildman–Crippen LogP) is 4.08. The minimum Gasteiger partial charge on any atom is -0.503 e. The summed E-state index contributed by atoms with van der Waals surface area (Å²) in [5.41, 5.74) is 0.340. The zero-order valence-electron chi connectivity index (χ0n) is 17.2. The van der Waals surface area contributed by atoms with Gasteiger partial charge in [0.15, 0.2) is 5.76 Å². The first-order valence-corrected chi connectivity index (χ1v) is 10.6. The van der Waals surface area contributed by atoms with Gasteiger partial charge in [-0.25, -0.2) is 9.37 Å². The summed E-state index contributed by atoms with van der Waals surface area (Å²) in [6.45, 7) is 4.36. The zero-order chi connectivity index (χ0) is 22.2. The van der Waals surface area contributed by atoms with E-state index in [9.17, 15) is 19.1 Å². The lowest BCUT2D eigenvalue weighted by Crippen LogP contribution is -2.34. The Labute approximate surface area is 183 Å². The van der Waals surface area contributed by atoms with E-state index >= 15 is 0 Å². The van der Waals surface area contributed by atoms with E-state index in [1.54, 1.807) is 13.8 Å². The van der Waals surface area contributed by atoms with E-state index in [0.717, 1.165) is 0 Å². The third-order valence-corrected chi connectivity index (χ3v) is 6.34. The van der Waals surface area contributed by atoms with Crippen molar-refractivity contribution in [1.29, 1.82) is 0 Å². The molecular formula is C21H23ClFN3O3S. The number of amides is 1. The Balaban J connectivity index is 2.11. The number of carbonyl (C=O) groups excluding carboxylic acids is 2. The zero-order valence-corrected chi connectivity index (χ0v) is 18.8. The van der Waals surface area contributed by atoms with Crippen molar-refractivity contribution in [2.24, 2.45) is 0 Å². The number of rotatable bonds is 7. The third-order valence-electron chi connectivity index (χ3n) is 4.94. The lowest BCUT2D eigenvalue weighted by Gasteiger charge is -2.28. The molecule has 1 aliphatic rings. The summed E-state index contributed by atoms with van der Waals surface area (Å²) in [7, 11) is 3.80. The standard InChI is InChI=1S/C21H23ClFN3O3S/c1-11-20(30-12(2)24-11)18(27)16-17(15-13(22)7-5-8-14(15)23)26(21(29)19(16)28)10-6-9-25(3)4/h5,7-8,17,28H,6,9-10H2,1-4H3. The molecule has 0 spiro atoms. The first-order chi connectivity index (χ1) is 14.1. The van der Waals surface area contributed by atoms with Crippen LogP contribution in [0.25, 0.3) is 0 Å². The van der Waals surface area contributed by atoms with Gasteiger partial charge < -0.3 is 14.9 Å². The van der Waals surface area contributed by atoms with E-state index < -0.39 is 29.3 Å². The molecule has 1 aromatic carbocycles. The number of thiazole rings is 1. The fourth-order valence-corrected chi connectivity index (χ4v) is 4.75. The minimum atomic E-state index is -1.11. The number of ketones is 1. The summed E-state index contributed by atoms with van der Waals surface area (Å²) in [4.78, 5) is 34.1. The molecule has 0 saturated carbocycles. The summed E-state index contributed by atoms with van der Waals surface area (Å²) in [5.74, 6) is -2.56. The lowest BCUT2D eigenvalue weighted by molar-refractivity contribution is -0.129. The SMILES string of the molecule is Cc1nc(C)c(C(=O)C2=C(O)C(=O)N(CCCN(C)C)C2c2c(F)cccc2Cl)s1. The molecule has 160 valence electrons. The maximum Gasteiger partial charge on any atom is 0.290 e. The number of Topliss-reactive ketones (excluding diaryl/α,β-unsaturated/α-hetero) is 1. The van der Waals surface area contributed by atoms with Crippen molar-refractivity contribution in [3.05, 3.63) is 61.5 Å². The van der Waals surface area contributed by atoms with Crippen LogP contribution in [0.3, 0.4) is 0 Å². The van der Waals surface area contributed by atoms with Gasteiger partial charge >= 0.3 is 0 Å². The topological polar surface area (TPSA) is 73.7 Å². The molecule has 0 fully saturated rings. The summed E-state index contributed by atoms with van der Waals surface area (Å²) in [6, 6.07) is 3.07. The molecule has 0 saturated heterocycles. The summed E-state index contributed by atoms with van der Waals surface area (Å²) < 4.78 is 14.8. The number of benzene rings is 1. The first-order valence-electron chi connectivity index (χ1n) is 9.45. The van der Waals surface area contributed by atoms with Gasteiger partial charge in [0.05, 0.1) is 27.2 Å². The highest BCUT2D eigenvalue weighted by Crippen LogP contribution is 2.43. The van der Waals surface area contributed by atoms with Gasteiger partial charge in [0.1, 0.15) is 5.82 Å². The summed E-state index contributed by atoms with van der Waals surface area (Å²) >= 11 is 7.47. The largest absolute Gasteiger partial charge is 0.503 e. The maximum absolute atomic E-state index is 14.8. The van der Waals surface area contributed by atoms with Crippen LogP contribution in [-0.4, -0.2) is 58.8 Å². The number of carbonyl (C=O) groups is 2. The van der Waals surface area contributed by atoms with Gasteiger partial charge in [-0.1, -0.05) is 17.7 Å². The second kappa shape index (κ2) is 8.83. The Bertz CT molecular complexity index is 1010. The van der Waals surface area contributed by atoms with Crippen LogP contribution in [0.4, 0.5) is 4.39 Å². The summed E-state index contributed by atoms with van der Waals surface area (Å²) in [6.07, 6.45) is 0.578. The third kappa shape index (κ3) is 4.12. The number of aryl methyl sites for hydroxylation is 2. The van der Waals surface area contributed by atoms with Crippen molar-refractivity contribution in [3.8, 4) is 0 Å². The molecule has 0 bridgehead atoms. The monoisotopic (exact) mass is 451 g/mol. The lowest BCUT2D eigenvalue weighted by atomic mass is 9.94. The molecule has 9 heteroatoms. The molecule has 2 aromatic rings. The van der Waals surface area contributed by atoms with Gasteiger partial charge in [0.2, 0.25) is 5.78 Å². The second-order valence-electron chi connectivity index (χ2n) is 7.43. The van der Waals surface area contributed by atoms with Crippen LogP contribution in [0.5, 0.6) is 0 Å². The highest BCUT2D eigenvalue weighted by molar-refractivity contribution is 7.14. The van der Waals surface area contributed by atoms with E-state index in [-0.39, 0.29) is 22.7 Å². The van der Waals surface area contributed by atoms with Crippen LogP contribution in [0.1, 0.15) is 38.4 Å². The van der Waals surface area contributed by atoms with Gasteiger partial charge in [0.25, 0.3) is 5.91 Å². The molecule has 2 heterocycles. The van der Waals surface area contributed by atoms with Crippen LogP contribution in [0, 0.1) is 19.7 Å². The molecule has 1 unspecified atom stereocenters. The molecule has 30 heavy (non-hydrogen) atoms. The quantitative estimate of drug-likeness (QED) is 0.642. The Hall–Kier alpha value is -2.29. The van der Waals surface area contributed by atoms with E-state index in [2.05, 4.69) is 4.98 Å². The minimum absolute atomic E-state index is 0.00339. The number of hydrogen-bond donors (Lipinski definition) is 1. The van der Waals surface area contributed by atoms with Gasteiger partial charge in [-0.2, -0.15) is 0 Å². The smallest absolute Gasteiger partial charge is 0.290 e. The molecule has 1 atom stereocenters. The summed E-state index contributed by atoms with van der Waals surface area (Å²) in [5, 5.41) is 11.4. The molecule has 0 aliphatic carbocycles. The number of aromatic nitrogens is 1. The Morgan fingerprint density at radius 2 is 2.07 bits per heavy atom. The van der Waals surface area contributed by atoms with Crippen LogP contribution in [0.15, 0.2) is 29.5 Å². The fraction of sp³-hybridized carbons (Fsp3) is 0.381. The van der Waals surface area contributed by atoms with Crippen molar-refractivity contribution in [3.63, 3.8) is 0 Å². The number of nitrogens with zero attached hydrogens (tertiary/aromatic N) is 3. The van der Waals surface area contributed by atoms with Gasteiger partial charge in [-0.15, -0.1) is 11.3 Å². The van der Waals surface area contributed by atoms with Crippen molar-refractivity contribution < 1.29 is 19.1 Å². The highest BCUT2D eigenvalue weighted by Gasteiger charge is 2.46. The van der Waals surface area contributed by atoms with Crippen molar-refractivity contribution >= 4 is 34.6 Å². The van der Waals surface area contributed by atoms with Crippen LogP contribution in [0.2, 0.25) is 5.02 Å².